The first-order valence-electron chi connectivity index (χ1n) is 8.50. The van der Waals surface area contributed by atoms with Crippen LogP contribution in [0.2, 0.25) is 0 Å². The number of aromatic nitrogens is 1. The molecular weight excluding hydrogens is 429 g/mol. The Bertz CT molecular complexity index is 1250. The second kappa shape index (κ2) is 6.85. The topological polar surface area (TPSA) is 90.5 Å². The van der Waals surface area contributed by atoms with Gasteiger partial charge < -0.3 is 15.0 Å². The van der Waals surface area contributed by atoms with Crippen molar-refractivity contribution in [1.29, 1.82) is 0 Å². The molecule has 1 aromatic carbocycles. The zero-order valence-electron chi connectivity index (χ0n) is 14.7. The predicted octanol–water partition coefficient (Wildman–Crippen LogP) is 2.52. The Balaban J connectivity index is 1.63. The van der Waals surface area contributed by atoms with Crippen LogP contribution in [0.1, 0.15) is 5.56 Å². The third-order valence-electron chi connectivity index (χ3n) is 4.75. The van der Waals surface area contributed by atoms with Gasteiger partial charge in [-0.25, -0.2) is 21.6 Å². The number of benzene rings is 1. The summed E-state index contributed by atoms with van der Waals surface area (Å²) >= 11 is 0.775. The van der Waals surface area contributed by atoms with Crippen LogP contribution in [-0.4, -0.2) is 43.6 Å². The van der Waals surface area contributed by atoms with Crippen molar-refractivity contribution in [3.63, 3.8) is 0 Å². The van der Waals surface area contributed by atoms with Crippen LogP contribution < -0.4 is 10.5 Å². The van der Waals surface area contributed by atoms with E-state index in [-0.39, 0.29) is 26.7 Å². The van der Waals surface area contributed by atoms with E-state index in [0.717, 1.165) is 17.4 Å². The van der Waals surface area contributed by atoms with Gasteiger partial charge in [-0.05, 0) is 35.7 Å². The number of alkyl halides is 2. The Labute approximate surface area is 167 Å². The lowest BCUT2D eigenvalue weighted by Gasteiger charge is -2.14. The molecule has 2 aromatic heterocycles. The average molecular weight is 444 g/mol. The summed E-state index contributed by atoms with van der Waals surface area (Å²) in [6, 6.07) is 6.46. The minimum atomic E-state index is -3.98. The highest BCUT2D eigenvalue weighted by Crippen LogP contribution is 2.37. The Morgan fingerprint density at radius 1 is 1.28 bits per heavy atom. The van der Waals surface area contributed by atoms with E-state index in [4.69, 9.17) is 0 Å². The fourth-order valence-corrected chi connectivity index (χ4v) is 5.96. The van der Waals surface area contributed by atoms with E-state index >= 15 is 0 Å². The van der Waals surface area contributed by atoms with E-state index in [9.17, 15) is 31.5 Å². The summed E-state index contributed by atoms with van der Waals surface area (Å²) in [5, 5.41) is 10.2. The molecule has 1 aliphatic rings. The van der Waals surface area contributed by atoms with Crippen LogP contribution in [-0.2, 0) is 15.6 Å². The second-order valence-electron chi connectivity index (χ2n) is 6.85. The quantitative estimate of drug-likeness (QED) is 0.646. The summed E-state index contributed by atoms with van der Waals surface area (Å²) in [5.41, 5.74) is -0.625. The highest BCUT2D eigenvalue weighted by atomic mass is 32.2. The molecule has 3 aromatic rings. The van der Waals surface area contributed by atoms with E-state index in [1.54, 1.807) is 0 Å². The van der Waals surface area contributed by atoms with Gasteiger partial charge >= 0.3 is 0 Å². The number of rotatable bonds is 4. The first-order chi connectivity index (χ1) is 13.6. The molecule has 4 rings (SSSR count). The number of hydrogen-bond donors (Lipinski definition) is 2. The molecule has 1 atom stereocenters. The van der Waals surface area contributed by atoms with Gasteiger partial charge in [-0.3, -0.25) is 4.79 Å². The van der Waals surface area contributed by atoms with Gasteiger partial charge in [0.15, 0.2) is 9.84 Å². The molecule has 0 bridgehead atoms. The number of pyridine rings is 1. The van der Waals surface area contributed by atoms with Gasteiger partial charge in [-0.1, -0.05) is 0 Å². The third kappa shape index (κ3) is 3.65. The summed E-state index contributed by atoms with van der Waals surface area (Å²) in [4.78, 5) is 15.6. The van der Waals surface area contributed by atoms with E-state index in [2.05, 4.69) is 4.98 Å². The monoisotopic (exact) mass is 444 g/mol. The smallest absolute Gasteiger partial charge is 0.292 e. The molecule has 0 radical (unpaired) electrons. The number of nitrogens with zero attached hydrogens (tertiary/aromatic N) is 1. The Kier molecular flexibility index (Phi) is 4.71. The number of β-amino-alcohol motifs (C(OH)–C–C–N with tert-alkyl or cyclic N) is 1. The van der Waals surface area contributed by atoms with E-state index in [1.807, 2.05) is 0 Å². The molecule has 1 aliphatic heterocycles. The Morgan fingerprint density at radius 3 is 2.72 bits per heavy atom. The number of aliphatic hydroxyl groups is 1. The molecule has 11 heteroatoms. The fourth-order valence-electron chi connectivity index (χ4n) is 3.22. The number of aromatic amines is 1. The fraction of sp³-hybridized carbons (Fsp3) is 0.278. The largest absolute Gasteiger partial charge is 0.385 e. The lowest BCUT2D eigenvalue weighted by molar-refractivity contribution is -0.0711. The molecule has 6 nitrogen and oxygen atoms in total. The maximum absolute atomic E-state index is 14.4. The van der Waals surface area contributed by atoms with E-state index < -0.39 is 45.5 Å². The normalized spacial score (nSPS) is 19.2. The summed E-state index contributed by atoms with van der Waals surface area (Å²) < 4.78 is 66.8. The van der Waals surface area contributed by atoms with Gasteiger partial charge in [-0.15, -0.1) is 11.3 Å². The van der Waals surface area contributed by atoms with Gasteiger partial charge in [0.2, 0.25) is 0 Å². The standard InChI is InChI=1S/C18H15F3N2O4S2/c19-13-6-10-3-4-22-17(25)12(10)5-11(13)8-29(26,27)16-2-1-15(28-16)23-7-14(24)18(20,21)9-23/h1-6,14,24H,7-9H2,(H,22,25)/t14-/m0/s1. The average Bonchev–Trinajstić information content (AvgIpc) is 3.22. The minimum absolute atomic E-state index is 0.112. The SMILES string of the molecule is O=c1[nH]ccc2cc(F)c(CS(=O)(=O)c3ccc(N4C[C@H](O)C(F)(F)C4)s3)cc12. The van der Waals surface area contributed by atoms with E-state index in [1.165, 1.54) is 35.4 Å². The molecule has 0 amide bonds. The molecule has 0 aliphatic carbocycles. The van der Waals surface area contributed by atoms with Gasteiger partial charge in [-0.2, -0.15) is 0 Å². The van der Waals surface area contributed by atoms with Crippen LogP contribution in [0.3, 0.4) is 0 Å². The molecule has 0 spiro atoms. The molecule has 3 heterocycles. The highest BCUT2D eigenvalue weighted by Gasteiger charge is 2.47. The van der Waals surface area contributed by atoms with Crippen LogP contribution in [0.15, 0.2) is 45.5 Å². The number of aliphatic hydroxyl groups excluding tert-OH is 1. The van der Waals surface area contributed by atoms with Crippen molar-refractivity contribution in [2.45, 2.75) is 22.0 Å². The van der Waals surface area contributed by atoms with Gasteiger partial charge in [0.25, 0.3) is 11.5 Å². The number of halogens is 3. The van der Waals surface area contributed by atoms with Crippen molar-refractivity contribution in [2.75, 3.05) is 18.0 Å². The maximum atomic E-state index is 14.4. The molecule has 0 unspecified atom stereocenters. The molecule has 0 saturated carbocycles. The lowest BCUT2D eigenvalue weighted by atomic mass is 10.1. The Hall–Kier alpha value is -2.37. The number of thiophene rings is 1. The van der Waals surface area contributed by atoms with Gasteiger partial charge in [0, 0.05) is 17.1 Å². The number of fused-ring (bicyclic) bond motifs is 1. The van der Waals surface area contributed by atoms with Gasteiger partial charge in [0.05, 0.1) is 23.8 Å². The van der Waals surface area contributed by atoms with Crippen LogP contribution >= 0.6 is 11.3 Å². The lowest BCUT2D eigenvalue weighted by Crippen LogP contribution is -2.31. The van der Waals surface area contributed by atoms with Crippen molar-refractivity contribution in [1.82, 2.24) is 4.98 Å². The maximum Gasteiger partial charge on any atom is 0.292 e. The van der Waals surface area contributed by atoms with Crippen molar-refractivity contribution in [3.05, 3.63) is 58.3 Å². The zero-order valence-corrected chi connectivity index (χ0v) is 16.4. The van der Waals surface area contributed by atoms with Crippen molar-refractivity contribution in [3.8, 4) is 0 Å². The van der Waals surface area contributed by atoms with Crippen LogP contribution in [0.25, 0.3) is 10.8 Å². The first kappa shape index (κ1) is 19.9. The highest BCUT2D eigenvalue weighted by molar-refractivity contribution is 7.92. The predicted molar refractivity (Wildman–Crippen MR) is 103 cm³/mol. The van der Waals surface area contributed by atoms with E-state index in [0.29, 0.717) is 5.39 Å². The molecular formula is C18H15F3N2O4S2. The second-order valence-corrected chi connectivity index (χ2v) is 10.1. The van der Waals surface area contributed by atoms with Crippen LogP contribution in [0.4, 0.5) is 18.2 Å². The molecule has 1 fully saturated rings. The summed E-state index contributed by atoms with van der Waals surface area (Å²) in [5.74, 6) is -4.71. The number of anilines is 1. The molecule has 29 heavy (non-hydrogen) atoms. The molecule has 1 saturated heterocycles. The Morgan fingerprint density at radius 2 is 2.03 bits per heavy atom. The number of nitrogens with one attached hydrogen (secondary N) is 1. The van der Waals surface area contributed by atoms with Crippen molar-refractivity contribution in [2.24, 2.45) is 0 Å². The number of sulfone groups is 1. The molecule has 2 N–H and O–H groups in total. The third-order valence-corrected chi connectivity index (χ3v) is 8.15. The van der Waals surface area contributed by atoms with Crippen LogP contribution in [0.5, 0.6) is 0 Å². The summed E-state index contributed by atoms with van der Waals surface area (Å²) in [6.45, 7) is -1.02. The zero-order chi connectivity index (χ0) is 21.0. The van der Waals surface area contributed by atoms with Crippen molar-refractivity contribution < 1.29 is 26.7 Å². The minimum Gasteiger partial charge on any atom is -0.385 e. The van der Waals surface area contributed by atoms with Gasteiger partial charge in [0.1, 0.15) is 16.1 Å². The molecule has 154 valence electrons. The number of hydrogen-bond acceptors (Lipinski definition) is 6. The van der Waals surface area contributed by atoms with Crippen LogP contribution in [0, 0.1) is 5.82 Å². The first-order valence-corrected chi connectivity index (χ1v) is 11.0. The summed E-state index contributed by atoms with van der Waals surface area (Å²) in [6.07, 6.45) is -0.457. The number of H-pyrrole nitrogens is 1. The summed E-state index contributed by atoms with van der Waals surface area (Å²) in [7, 11) is -3.98. The van der Waals surface area contributed by atoms with Crippen molar-refractivity contribution >= 4 is 36.9 Å².